The Balaban J connectivity index is 1.72. The first-order valence-corrected chi connectivity index (χ1v) is 11.9. The van der Waals surface area contributed by atoms with Crippen molar-refractivity contribution in [3.63, 3.8) is 0 Å². The number of aromatic nitrogens is 1. The molecule has 0 bridgehead atoms. The molecule has 1 aliphatic heterocycles. The van der Waals surface area contributed by atoms with Crippen LogP contribution < -0.4 is 22.1 Å². The molecular formula is C24H30N6O8. The van der Waals surface area contributed by atoms with E-state index in [1.54, 1.807) is 6.20 Å². The number of fused-ring (bicyclic) bond motifs is 1. The van der Waals surface area contributed by atoms with Crippen LogP contribution in [0, 0.1) is 0 Å². The highest BCUT2D eigenvalue weighted by atomic mass is 16.4. The summed E-state index contributed by atoms with van der Waals surface area (Å²) in [7, 11) is 0. The van der Waals surface area contributed by atoms with E-state index in [-0.39, 0.29) is 19.4 Å². The lowest BCUT2D eigenvalue weighted by Gasteiger charge is -2.28. The van der Waals surface area contributed by atoms with Gasteiger partial charge in [-0.15, -0.1) is 0 Å². The highest BCUT2D eigenvalue weighted by Crippen LogP contribution is 2.20. The second kappa shape index (κ2) is 12.2. The van der Waals surface area contributed by atoms with Crippen LogP contribution in [0.1, 0.15) is 31.2 Å². The van der Waals surface area contributed by atoms with Gasteiger partial charge < -0.3 is 42.2 Å². The number of hydrogen-bond donors (Lipinski definition) is 7. The Hall–Kier alpha value is -4.46. The first-order valence-electron chi connectivity index (χ1n) is 11.9. The second-order valence-electron chi connectivity index (χ2n) is 9.09. The van der Waals surface area contributed by atoms with Crippen LogP contribution in [0.4, 0.5) is 0 Å². The van der Waals surface area contributed by atoms with Crippen molar-refractivity contribution >= 4 is 46.5 Å². The van der Waals surface area contributed by atoms with Crippen LogP contribution in [0.2, 0.25) is 0 Å². The molecule has 14 nitrogen and oxygen atoms in total. The molecule has 1 aromatic heterocycles. The van der Waals surface area contributed by atoms with Gasteiger partial charge in [-0.05, 0) is 30.9 Å². The molecule has 9 N–H and O–H groups in total. The third-order valence-electron chi connectivity index (χ3n) is 6.30. The number of carboxylic acids is 2. The quantitative estimate of drug-likeness (QED) is 0.167. The first-order chi connectivity index (χ1) is 18.0. The minimum atomic E-state index is -1.63. The molecule has 2 aromatic rings. The van der Waals surface area contributed by atoms with E-state index in [2.05, 4.69) is 15.6 Å². The number of carboxylic acid groups (broad SMARTS) is 2. The number of rotatable bonds is 12. The molecule has 0 radical (unpaired) electrons. The summed E-state index contributed by atoms with van der Waals surface area (Å²) in [6.07, 6.45) is 0.898. The Morgan fingerprint density at radius 3 is 2.37 bits per heavy atom. The number of hydrogen-bond acceptors (Lipinski definition) is 7. The number of H-pyrrole nitrogens is 1. The van der Waals surface area contributed by atoms with E-state index in [9.17, 15) is 39.0 Å². The van der Waals surface area contributed by atoms with Gasteiger partial charge in [0, 0.05) is 23.6 Å². The Morgan fingerprint density at radius 2 is 1.71 bits per heavy atom. The number of amides is 4. The zero-order valence-corrected chi connectivity index (χ0v) is 20.4. The third-order valence-corrected chi connectivity index (χ3v) is 6.30. The van der Waals surface area contributed by atoms with Gasteiger partial charge in [0.25, 0.3) is 0 Å². The van der Waals surface area contributed by atoms with Crippen LogP contribution in [0.3, 0.4) is 0 Å². The minimum Gasteiger partial charge on any atom is -0.481 e. The van der Waals surface area contributed by atoms with Crippen LogP contribution in [-0.2, 0) is 35.2 Å². The van der Waals surface area contributed by atoms with E-state index in [0.29, 0.717) is 6.42 Å². The standard InChI is InChI=1S/C24H30N6O8/c25-14(8-12-11-27-15-5-2-1-4-13(12)15)21(34)28-16(9-19(26)31)22(35)29-17(10-20(32)33)23(36)30-7-3-6-18(30)24(37)38/h1-2,4-5,11,14,16-18,27H,3,6-10,25H2,(H2,26,31)(H,28,34)(H,29,35)(H,32,33)(H,37,38). The Morgan fingerprint density at radius 1 is 1.03 bits per heavy atom. The van der Waals surface area contributed by atoms with Crippen molar-refractivity contribution in [2.24, 2.45) is 11.5 Å². The maximum absolute atomic E-state index is 13.0. The molecule has 0 spiro atoms. The molecule has 4 atom stereocenters. The number of nitrogens with two attached hydrogens (primary N) is 2. The van der Waals surface area contributed by atoms with E-state index in [1.165, 1.54) is 0 Å². The van der Waals surface area contributed by atoms with Crippen molar-refractivity contribution in [2.75, 3.05) is 6.54 Å². The van der Waals surface area contributed by atoms with Crippen LogP contribution in [0.25, 0.3) is 10.9 Å². The molecule has 1 saturated heterocycles. The Labute approximate surface area is 216 Å². The summed E-state index contributed by atoms with van der Waals surface area (Å²) < 4.78 is 0. The van der Waals surface area contributed by atoms with E-state index < -0.39 is 72.6 Å². The summed E-state index contributed by atoms with van der Waals surface area (Å²) in [4.78, 5) is 77.3. The fourth-order valence-electron chi connectivity index (χ4n) is 4.45. The van der Waals surface area contributed by atoms with Gasteiger partial charge in [0.05, 0.1) is 18.9 Å². The van der Waals surface area contributed by atoms with Crippen molar-refractivity contribution in [3.05, 3.63) is 36.0 Å². The molecule has 1 aromatic carbocycles. The molecule has 1 fully saturated rings. The summed E-state index contributed by atoms with van der Waals surface area (Å²) >= 11 is 0. The smallest absolute Gasteiger partial charge is 0.326 e. The minimum absolute atomic E-state index is 0.0753. The Bertz CT molecular complexity index is 1240. The molecule has 204 valence electrons. The summed E-state index contributed by atoms with van der Waals surface area (Å²) in [6, 6.07) is 1.93. The number of likely N-dealkylation sites (tertiary alicyclic amines) is 1. The fourth-order valence-corrected chi connectivity index (χ4v) is 4.45. The molecule has 4 unspecified atom stereocenters. The number of primary amides is 1. The fraction of sp³-hybridized carbons (Fsp3) is 0.417. The zero-order chi connectivity index (χ0) is 28.0. The normalized spacial score (nSPS) is 17.4. The van der Waals surface area contributed by atoms with E-state index in [0.717, 1.165) is 21.4 Å². The molecule has 2 heterocycles. The van der Waals surface area contributed by atoms with Gasteiger partial charge in [0.2, 0.25) is 23.6 Å². The SMILES string of the molecule is NC(=O)CC(NC(=O)C(N)Cc1c[nH]c2ccccc12)C(=O)NC(CC(=O)O)C(=O)N1CCCC1C(=O)O. The molecule has 1 aliphatic rings. The zero-order valence-electron chi connectivity index (χ0n) is 20.4. The molecule has 38 heavy (non-hydrogen) atoms. The van der Waals surface area contributed by atoms with Crippen molar-refractivity contribution < 1.29 is 39.0 Å². The molecule has 3 rings (SSSR count). The summed E-state index contributed by atoms with van der Waals surface area (Å²) in [6.45, 7) is 0.0753. The van der Waals surface area contributed by atoms with Gasteiger partial charge >= 0.3 is 11.9 Å². The van der Waals surface area contributed by atoms with Crippen LogP contribution in [0.5, 0.6) is 0 Å². The number of nitrogens with zero attached hydrogens (tertiary/aromatic N) is 1. The number of carbonyl (C=O) groups excluding carboxylic acids is 4. The number of benzene rings is 1. The lowest BCUT2D eigenvalue weighted by Crippen LogP contribution is -2.58. The van der Waals surface area contributed by atoms with E-state index in [1.807, 2.05) is 24.3 Å². The molecule has 14 heteroatoms. The summed E-state index contributed by atoms with van der Waals surface area (Å²) in [5, 5.41) is 24.1. The van der Waals surface area contributed by atoms with Crippen molar-refractivity contribution in [1.29, 1.82) is 0 Å². The second-order valence-corrected chi connectivity index (χ2v) is 9.09. The predicted molar refractivity (Wildman–Crippen MR) is 132 cm³/mol. The van der Waals surface area contributed by atoms with Crippen LogP contribution >= 0.6 is 0 Å². The first kappa shape index (κ1) is 28.1. The maximum Gasteiger partial charge on any atom is 0.326 e. The highest BCUT2D eigenvalue weighted by molar-refractivity contribution is 5.97. The number of para-hydroxylation sites is 1. The lowest BCUT2D eigenvalue weighted by atomic mass is 10.0. The Kier molecular flexibility index (Phi) is 9.02. The summed E-state index contributed by atoms with van der Waals surface area (Å²) in [5.74, 6) is -6.33. The van der Waals surface area contributed by atoms with Crippen molar-refractivity contribution in [2.45, 2.75) is 56.3 Å². The van der Waals surface area contributed by atoms with Crippen LogP contribution in [0.15, 0.2) is 30.5 Å². The average molecular weight is 531 g/mol. The van der Waals surface area contributed by atoms with Gasteiger partial charge in [-0.3, -0.25) is 24.0 Å². The predicted octanol–water partition coefficient (Wildman–Crippen LogP) is -1.57. The van der Waals surface area contributed by atoms with Gasteiger partial charge in [0.15, 0.2) is 0 Å². The average Bonchev–Trinajstić information content (AvgIpc) is 3.50. The molecular weight excluding hydrogens is 500 g/mol. The third kappa shape index (κ3) is 6.85. The maximum atomic E-state index is 13.0. The number of nitrogens with one attached hydrogen (secondary N) is 3. The summed E-state index contributed by atoms with van der Waals surface area (Å²) in [5.41, 5.74) is 12.9. The van der Waals surface area contributed by atoms with Crippen LogP contribution in [-0.4, -0.2) is 86.4 Å². The molecule has 0 aliphatic carbocycles. The number of aromatic amines is 1. The van der Waals surface area contributed by atoms with Gasteiger partial charge in [-0.25, -0.2) is 4.79 Å². The van der Waals surface area contributed by atoms with Gasteiger partial charge in [0.1, 0.15) is 18.1 Å². The largest absolute Gasteiger partial charge is 0.481 e. The lowest BCUT2D eigenvalue weighted by molar-refractivity contribution is -0.150. The molecule has 4 amide bonds. The van der Waals surface area contributed by atoms with Crippen molar-refractivity contribution in [3.8, 4) is 0 Å². The molecule has 0 saturated carbocycles. The van der Waals surface area contributed by atoms with E-state index in [4.69, 9.17) is 11.5 Å². The monoisotopic (exact) mass is 530 g/mol. The van der Waals surface area contributed by atoms with Gasteiger partial charge in [-0.2, -0.15) is 0 Å². The van der Waals surface area contributed by atoms with Gasteiger partial charge in [-0.1, -0.05) is 18.2 Å². The topological polar surface area (TPSA) is 238 Å². The highest BCUT2D eigenvalue weighted by Gasteiger charge is 2.39. The van der Waals surface area contributed by atoms with E-state index >= 15 is 0 Å². The number of carbonyl (C=O) groups is 6. The number of aliphatic carboxylic acids is 2. The van der Waals surface area contributed by atoms with Crippen molar-refractivity contribution in [1.82, 2.24) is 20.5 Å².